The fourth-order valence-corrected chi connectivity index (χ4v) is 2.17. The van der Waals surface area contributed by atoms with Crippen LogP contribution in [0.2, 0.25) is 0 Å². The molecule has 1 amide bonds. The Labute approximate surface area is 105 Å². The zero-order valence-electron chi connectivity index (χ0n) is 11.6. The van der Waals surface area contributed by atoms with Gasteiger partial charge >= 0.3 is 0 Å². The topological polar surface area (TPSA) is 32.3 Å². The number of carbonyl (C=O) groups is 1. The van der Waals surface area contributed by atoms with Gasteiger partial charge in [-0.1, -0.05) is 19.4 Å². The van der Waals surface area contributed by atoms with Crippen LogP contribution in [0.25, 0.3) is 0 Å². The van der Waals surface area contributed by atoms with E-state index in [1.165, 1.54) is 6.42 Å². The molecule has 1 aliphatic heterocycles. The highest BCUT2D eigenvalue weighted by molar-refractivity contribution is 5.88. The molecule has 0 aliphatic carbocycles. The molecule has 1 unspecified atom stereocenters. The maximum atomic E-state index is 11.9. The Balaban J connectivity index is 2.43. The number of nitrogens with one attached hydrogen (secondary N) is 1. The molecule has 0 spiro atoms. The fourth-order valence-electron chi connectivity index (χ4n) is 2.17. The molecule has 1 N–H and O–H groups in total. The van der Waals surface area contributed by atoms with Gasteiger partial charge in [-0.3, -0.25) is 4.79 Å². The number of allylic oxidation sites excluding steroid dienone is 1. The average Bonchev–Trinajstić information content (AvgIpc) is 2.26. The lowest BCUT2D eigenvalue weighted by molar-refractivity contribution is -0.127. The van der Waals surface area contributed by atoms with E-state index in [4.69, 9.17) is 0 Å². The molecule has 1 aliphatic rings. The van der Waals surface area contributed by atoms with Gasteiger partial charge in [-0.05, 0) is 39.2 Å². The second-order valence-electron chi connectivity index (χ2n) is 5.58. The predicted octanol–water partition coefficient (Wildman–Crippen LogP) is 2.19. The Kier molecular flexibility index (Phi) is 5.69. The van der Waals surface area contributed by atoms with E-state index in [0.717, 1.165) is 31.6 Å². The van der Waals surface area contributed by atoms with Crippen LogP contribution in [-0.2, 0) is 4.79 Å². The summed E-state index contributed by atoms with van der Waals surface area (Å²) in [6.45, 7) is 11.1. The Morgan fingerprint density at radius 1 is 1.47 bits per heavy atom. The minimum Gasteiger partial charge on any atom is -0.339 e. The van der Waals surface area contributed by atoms with E-state index in [1.807, 2.05) is 18.7 Å². The average molecular weight is 238 g/mol. The Bertz CT molecular complexity index is 280. The first-order valence-electron chi connectivity index (χ1n) is 6.66. The van der Waals surface area contributed by atoms with Gasteiger partial charge in [0.05, 0.1) is 0 Å². The molecule has 1 saturated heterocycles. The molecule has 0 radical (unpaired) electrons. The summed E-state index contributed by atoms with van der Waals surface area (Å²) in [5.41, 5.74) is 1.08. The van der Waals surface area contributed by atoms with Crippen molar-refractivity contribution in [2.45, 2.75) is 46.6 Å². The third-order valence-corrected chi connectivity index (χ3v) is 3.06. The molecule has 1 fully saturated rings. The summed E-state index contributed by atoms with van der Waals surface area (Å²) in [6.07, 6.45) is 4.11. The van der Waals surface area contributed by atoms with Gasteiger partial charge < -0.3 is 10.2 Å². The third kappa shape index (κ3) is 5.35. The quantitative estimate of drug-likeness (QED) is 0.761. The van der Waals surface area contributed by atoms with Crippen molar-refractivity contribution in [3.8, 4) is 0 Å². The van der Waals surface area contributed by atoms with Crippen LogP contribution in [0.15, 0.2) is 11.6 Å². The molecule has 0 aromatic carbocycles. The lowest BCUT2D eigenvalue weighted by Gasteiger charge is -2.32. The first kappa shape index (κ1) is 14.2. The molecule has 1 heterocycles. The number of likely N-dealkylation sites (tertiary alicyclic amines) is 1. The lowest BCUT2D eigenvalue weighted by Crippen LogP contribution is -2.43. The Morgan fingerprint density at radius 2 is 2.18 bits per heavy atom. The van der Waals surface area contributed by atoms with Crippen LogP contribution in [0, 0.1) is 5.92 Å². The van der Waals surface area contributed by atoms with Gasteiger partial charge in [0.1, 0.15) is 0 Å². The molecular formula is C14H26N2O. The zero-order chi connectivity index (χ0) is 12.8. The van der Waals surface area contributed by atoms with Gasteiger partial charge in [0.25, 0.3) is 0 Å². The van der Waals surface area contributed by atoms with Crippen LogP contribution in [-0.4, -0.2) is 36.5 Å². The molecule has 0 bridgehead atoms. The van der Waals surface area contributed by atoms with E-state index >= 15 is 0 Å². The van der Waals surface area contributed by atoms with E-state index in [2.05, 4.69) is 19.2 Å². The molecule has 3 heteroatoms. The summed E-state index contributed by atoms with van der Waals surface area (Å²) in [4.78, 5) is 13.9. The van der Waals surface area contributed by atoms with Gasteiger partial charge in [0.15, 0.2) is 0 Å². The van der Waals surface area contributed by atoms with Crippen LogP contribution in [0.4, 0.5) is 0 Å². The van der Waals surface area contributed by atoms with Gasteiger partial charge in [0.2, 0.25) is 5.91 Å². The smallest absolute Gasteiger partial charge is 0.246 e. The first-order chi connectivity index (χ1) is 7.99. The van der Waals surface area contributed by atoms with Crippen LogP contribution < -0.4 is 5.32 Å². The summed E-state index contributed by atoms with van der Waals surface area (Å²) in [7, 11) is 0. The highest BCUT2D eigenvalue weighted by Crippen LogP contribution is 2.16. The van der Waals surface area contributed by atoms with Gasteiger partial charge in [-0.2, -0.15) is 0 Å². The van der Waals surface area contributed by atoms with Crippen LogP contribution in [0.5, 0.6) is 0 Å². The number of nitrogens with zero attached hydrogens (tertiary/aromatic N) is 1. The molecule has 1 atom stereocenters. The predicted molar refractivity (Wildman–Crippen MR) is 71.9 cm³/mol. The first-order valence-corrected chi connectivity index (χ1v) is 6.66. The second kappa shape index (κ2) is 6.80. The van der Waals surface area contributed by atoms with E-state index < -0.39 is 0 Å². The van der Waals surface area contributed by atoms with Crippen molar-refractivity contribution in [2.75, 3.05) is 19.6 Å². The van der Waals surface area contributed by atoms with Crippen molar-refractivity contribution in [1.29, 1.82) is 0 Å². The Morgan fingerprint density at radius 3 is 2.76 bits per heavy atom. The number of amides is 1. The number of piperidine rings is 1. The number of hydrogen-bond donors (Lipinski definition) is 1. The lowest BCUT2D eigenvalue weighted by atomic mass is 9.97. The zero-order valence-corrected chi connectivity index (χ0v) is 11.6. The second-order valence-corrected chi connectivity index (χ2v) is 5.58. The van der Waals surface area contributed by atoms with Crippen molar-refractivity contribution < 1.29 is 4.79 Å². The minimum atomic E-state index is 0.180. The van der Waals surface area contributed by atoms with Gasteiger partial charge in [-0.15, -0.1) is 0 Å². The molecule has 17 heavy (non-hydrogen) atoms. The van der Waals surface area contributed by atoms with Gasteiger partial charge in [-0.25, -0.2) is 0 Å². The normalized spacial score (nSPS) is 20.5. The maximum absolute atomic E-state index is 11.9. The van der Waals surface area contributed by atoms with E-state index in [9.17, 15) is 4.79 Å². The van der Waals surface area contributed by atoms with Crippen molar-refractivity contribution in [3.63, 3.8) is 0 Å². The molecular weight excluding hydrogens is 212 g/mol. The molecule has 0 saturated carbocycles. The molecule has 0 aromatic rings. The van der Waals surface area contributed by atoms with Gasteiger partial charge in [0, 0.05) is 25.2 Å². The van der Waals surface area contributed by atoms with Crippen LogP contribution in [0.1, 0.15) is 40.5 Å². The largest absolute Gasteiger partial charge is 0.339 e. The number of rotatable bonds is 4. The number of hydrogen-bond acceptors (Lipinski definition) is 2. The maximum Gasteiger partial charge on any atom is 0.246 e. The van der Waals surface area contributed by atoms with Crippen molar-refractivity contribution in [2.24, 2.45) is 5.92 Å². The van der Waals surface area contributed by atoms with Crippen LogP contribution in [0.3, 0.4) is 0 Å². The summed E-state index contributed by atoms with van der Waals surface area (Å²) in [6, 6.07) is 0.527. The highest BCUT2D eigenvalue weighted by Gasteiger charge is 2.22. The molecule has 98 valence electrons. The summed E-state index contributed by atoms with van der Waals surface area (Å²) >= 11 is 0. The standard InChI is InChI=1S/C14H26N2O/c1-11(2)8-14(17)16-7-5-6-13(10-16)9-15-12(3)4/h8,12-13,15H,5-7,9-10H2,1-4H3. The monoisotopic (exact) mass is 238 g/mol. The summed E-state index contributed by atoms with van der Waals surface area (Å²) in [5.74, 6) is 0.792. The SMILES string of the molecule is CC(C)=CC(=O)N1CCCC(CNC(C)C)C1. The minimum absolute atomic E-state index is 0.180. The van der Waals surface area contributed by atoms with Crippen molar-refractivity contribution in [3.05, 3.63) is 11.6 Å². The third-order valence-electron chi connectivity index (χ3n) is 3.06. The van der Waals surface area contributed by atoms with E-state index in [0.29, 0.717) is 12.0 Å². The van der Waals surface area contributed by atoms with Crippen molar-refractivity contribution >= 4 is 5.91 Å². The molecule has 0 aromatic heterocycles. The molecule has 3 nitrogen and oxygen atoms in total. The summed E-state index contributed by atoms with van der Waals surface area (Å²) in [5, 5.41) is 3.46. The Hall–Kier alpha value is -0.830. The summed E-state index contributed by atoms with van der Waals surface area (Å²) < 4.78 is 0. The van der Waals surface area contributed by atoms with Crippen LogP contribution >= 0.6 is 0 Å². The number of carbonyl (C=O) groups excluding carboxylic acids is 1. The van der Waals surface area contributed by atoms with Crippen molar-refractivity contribution in [1.82, 2.24) is 10.2 Å². The van der Waals surface area contributed by atoms with E-state index in [1.54, 1.807) is 6.08 Å². The van der Waals surface area contributed by atoms with E-state index in [-0.39, 0.29) is 5.91 Å². The molecule has 1 rings (SSSR count). The highest BCUT2D eigenvalue weighted by atomic mass is 16.2. The fraction of sp³-hybridized carbons (Fsp3) is 0.786.